The Balaban J connectivity index is 2.65. The summed E-state index contributed by atoms with van der Waals surface area (Å²) in [5.41, 5.74) is 5.49. The van der Waals surface area contributed by atoms with E-state index in [4.69, 9.17) is 10.8 Å². The number of carboxylic acids is 1. The van der Waals surface area contributed by atoms with Crippen molar-refractivity contribution in [2.75, 3.05) is 5.32 Å². The quantitative estimate of drug-likeness (QED) is 0.645. The maximum atomic E-state index is 11.6. The van der Waals surface area contributed by atoms with Crippen molar-refractivity contribution < 1.29 is 19.8 Å². The lowest BCUT2D eigenvalue weighted by molar-refractivity contribution is -0.116. The first-order valence-electron chi connectivity index (χ1n) is 5.84. The molecule has 6 nitrogen and oxygen atoms in total. The fourth-order valence-electron chi connectivity index (χ4n) is 1.45. The summed E-state index contributed by atoms with van der Waals surface area (Å²) < 4.78 is 0. The number of carbonyl (C=O) groups is 2. The zero-order valence-electron chi connectivity index (χ0n) is 10.9. The Labute approximate surface area is 111 Å². The van der Waals surface area contributed by atoms with Crippen molar-refractivity contribution in [1.29, 1.82) is 0 Å². The minimum absolute atomic E-state index is 0.207. The van der Waals surface area contributed by atoms with Gasteiger partial charge in [-0.2, -0.15) is 0 Å². The third kappa shape index (κ3) is 4.97. The van der Waals surface area contributed by atoms with Crippen LogP contribution in [0.2, 0.25) is 0 Å². The predicted molar refractivity (Wildman–Crippen MR) is 71.2 cm³/mol. The number of phenols is 1. The zero-order chi connectivity index (χ0) is 14.6. The number of nitrogens with two attached hydrogens (primary N) is 1. The molecule has 0 saturated heterocycles. The number of anilines is 1. The van der Waals surface area contributed by atoms with E-state index >= 15 is 0 Å². The predicted octanol–water partition coefficient (Wildman–Crippen LogP) is 1.55. The molecule has 0 fully saturated rings. The lowest BCUT2D eigenvalue weighted by atomic mass is 10.00. The highest BCUT2D eigenvalue weighted by molar-refractivity contribution is 5.94. The summed E-state index contributed by atoms with van der Waals surface area (Å²) in [5, 5.41) is 20.8. The number of carbonyl (C=O) groups excluding carboxylic acids is 1. The summed E-state index contributed by atoms with van der Waals surface area (Å²) in [7, 11) is 0. The van der Waals surface area contributed by atoms with Crippen molar-refractivity contribution >= 4 is 17.6 Å². The summed E-state index contributed by atoms with van der Waals surface area (Å²) in [4.78, 5) is 22.3. The molecule has 19 heavy (non-hydrogen) atoms. The Bertz CT molecular complexity index is 492. The number of nitrogens with one attached hydrogen (secondary N) is 1. The van der Waals surface area contributed by atoms with E-state index in [2.05, 4.69) is 5.32 Å². The average Bonchev–Trinajstić information content (AvgIpc) is 2.25. The third-order valence-corrected chi connectivity index (χ3v) is 2.51. The molecule has 5 N–H and O–H groups in total. The van der Waals surface area contributed by atoms with Crippen molar-refractivity contribution in [2.24, 2.45) is 5.73 Å². The molecule has 0 unspecified atom stereocenters. The number of aromatic hydroxyl groups is 1. The lowest BCUT2D eigenvalue weighted by Gasteiger charge is -2.17. The zero-order valence-corrected chi connectivity index (χ0v) is 10.9. The van der Waals surface area contributed by atoms with E-state index in [0.717, 1.165) is 0 Å². The van der Waals surface area contributed by atoms with E-state index in [0.29, 0.717) is 12.1 Å². The van der Waals surface area contributed by atoms with Crippen molar-refractivity contribution in [3.05, 3.63) is 23.8 Å². The molecule has 0 aliphatic carbocycles. The first-order chi connectivity index (χ1) is 8.69. The Morgan fingerprint density at radius 1 is 1.37 bits per heavy atom. The van der Waals surface area contributed by atoms with E-state index in [1.54, 1.807) is 0 Å². The third-order valence-electron chi connectivity index (χ3n) is 2.51. The van der Waals surface area contributed by atoms with Gasteiger partial charge in [-0.1, -0.05) is 0 Å². The van der Waals surface area contributed by atoms with Crippen LogP contribution in [0.3, 0.4) is 0 Å². The number of rotatable bonds is 5. The largest absolute Gasteiger partial charge is 0.507 e. The van der Waals surface area contributed by atoms with Gasteiger partial charge in [0.15, 0.2) is 0 Å². The van der Waals surface area contributed by atoms with Gasteiger partial charge < -0.3 is 21.3 Å². The van der Waals surface area contributed by atoms with Crippen LogP contribution in [0, 0.1) is 0 Å². The normalized spacial score (nSPS) is 11.1. The number of benzene rings is 1. The molecule has 0 spiro atoms. The fraction of sp³-hybridized carbons (Fsp3) is 0.385. The summed E-state index contributed by atoms with van der Waals surface area (Å²) in [6.07, 6.45) is 0.781. The van der Waals surface area contributed by atoms with Gasteiger partial charge in [0.05, 0.1) is 0 Å². The van der Waals surface area contributed by atoms with Crippen LogP contribution in [-0.4, -0.2) is 27.6 Å². The van der Waals surface area contributed by atoms with E-state index in [1.165, 1.54) is 18.2 Å². The number of aromatic carboxylic acids is 1. The maximum absolute atomic E-state index is 11.6. The fourth-order valence-corrected chi connectivity index (χ4v) is 1.45. The highest BCUT2D eigenvalue weighted by Gasteiger charge is 2.14. The molecule has 0 radical (unpaired) electrons. The molecule has 6 heteroatoms. The molecule has 0 aliphatic heterocycles. The number of hydrogen-bond acceptors (Lipinski definition) is 4. The van der Waals surface area contributed by atoms with Crippen LogP contribution < -0.4 is 11.1 Å². The number of carboxylic acid groups (broad SMARTS) is 1. The summed E-state index contributed by atoms with van der Waals surface area (Å²) >= 11 is 0. The van der Waals surface area contributed by atoms with Crippen LogP contribution in [0.25, 0.3) is 0 Å². The monoisotopic (exact) mass is 266 g/mol. The minimum atomic E-state index is -1.22. The first kappa shape index (κ1) is 15.0. The van der Waals surface area contributed by atoms with Gasteiger partial charge >= 0.3 is 5.97 Å². The van der Waals surface area contributed by atoms with E-state index < -0.39 is 11.5 Å². The van der Waals surface area contributed by atoms with Crippen LogP contribution in [0.4, 0.5) is 5.69 Å². The van der Waals surface area contributed by atoms with Crippen LogP contribution in [0.1, 0.15) is 37.0 Å². The summed E-state index contributed by atoms with van der Waals surface area (Å²) in [6, 6.07) is 3.86. The van der Waals surface area contributed by atoms with E-state index in [9.17, 15) is 14.7 Å². The van der Waals surface area contributed by atoms with E-state index in [-0.39, 0.29) is 23.6 Å². The Morgan fingerprint density at radius 2 is 2.00 bits per heavy atom. The Morgan fingerprint density at radius 3 is 2.47 bits per heavy atom. The molecule has 0 aliphatic rings. The van der Waals surface area contributed by atoms with Crippen LogP contribution in [0.15, 0.2) is 18.2 Å². The minimum Gasteiger partial charge on any atom is -0.507 e. The average molecular weight is 266 g/mol. The van der Waals surface area contributed by atoms with Crippen LogP contribution in [0.5, 0.6) is 5.75 Å². The molecule has 1 amide bonds. The molecule has 1 aromatic rings. The SMILES string of the molecule is CC(C)(N)CCC(=O)Nc1ccc(C(=O)O)c(O)c1. The summed E-state index contributed by atoms with van der Waals surface area (Å²) in [5.74, 6) is -1.84. The van der Waals surface area contributed by atoms with Crippen LogP contribution in [-0.2, 0) is 4.79 Å². The van der Waals surface area contributed by atoms with Gasteiger partial charge in [-0.15, -0.1) is 0 Å². The van der Waals surface area contributed by atoms with Gasteiger partial charge in [0.1, 0.15) is 11.3 Å². The Kier molecular flexibility index (Phi) is 4.50. The number of amides is 1. The van der Waals surface area contributed by atoms with Gasteiger partial charge in [-0.05, 0) is 32.4 Å². The van der Waals surface area contributed by atoms with Gasteiger partial charge in [0.25, 0.3) is 0 Å². The lowest BCUT2D eigenvalue weighted by Crippen LogP contribution is -2.33. The van der Waals surface area contributed by atoms with Crippen molar-refractivity contribution in [2.45, 2.75) is 32.2 Å². The van der Waals surface area contributed by atoms with Crippen molar-refractivity contribution in [3.8, 4) is 5.75 Å². The standard InChI is InChI=1S/C13H18N2O4/c1-13(2,14)6-5-11(17)15-8-3-4-9(12(18)19)10(16)7-8/h3-4,7,16H,5-6,14H2,1-2H3,(H,15,17)(H,18,19). The number of hydrogen-bond donors (Lipinski definition) is 4. The van der Waals surface area contributed by atoms with Gasteiger partial charge in [0.2, 0.25) is 5.91 Å². The van der Waals surface area contributed by atoms with Crippen LogP contribution >= 0.6 is 0 Å². The molecule has 1 rings (SSSR count). The van der Waals surface area contributed by atoms with Crippen molar-refractivity contribution in [1.82, 2.24) is 0 Å². The topological polar surface area (TPSA) is 113 Å². The molecule has 0 bridgehead atoms. The molecule has 1 aromatic carbocycles. The maximum Gasteiger partial charge on any atom is 0.339 e. The second-order valence-corrected chi connectivity index (χ2v) is 5.07. The van der Waals surface area contributed by atoms with Gasteiger partial charge in [-0.3, -0.25) is 4.79 Å². The molecule has 0 atom stereocenters. The van der Waals surface area contributed by atoms with Gasteiger partial charge in [0, 0.05) is 23.7 Å². The van der Waals surface area contributed by atoms with Gasteiger partial charge in [-0.25, -0.2) is 4.79 Å². The molecule has 0 aromatic heterocycles. The summed E-state index contributed by atoms with van der Waals surface area (Å²) in [6.45, 7) is 3.65. The highest BCUT2D eigenvalue weighted by Crippen LogP contribution is 2.22. The smallest absolute Gasteiger partial charge is 0.339 e. The molecule has 0 saturated carbocycles. The molecule has 0 heterocycles. The molecular formula is C13H18N2O4. The second-order valence-electron chi connectivity index (χ2n) is 5.07. The van der Waals surface area contributed by atoms with Crippen molar-refractivity contribution in [3.63, 3.8) is 0 Å². The highest BCUT2D eigenvalue weighted by atomic mass is 16.4. The molecular weight excluding hydrogens is 248 g/mol. The second kappa shape index (κ2) is 5.71. The Hall–Kier alpha value is -2.08. The molecule has 104 valence electrons. The van der Waals surface area contributed by atoms with E-state index in [1.807, 2.05) is 13.8 Å². The first-order valence-corrected chi connectivity index (χ1v) is 5.84.